The molecule has 0 bridgehead atoms. The maximum absolute atomic E-state index is 13.7. The number of rotatable bonds is 7. The highest BCUT2D eigenvalue weighted by Crippen LogP contribution is 2.38. The number of carbonyl (C=O) groups is 4. The first-order chi connectivity index (χ1) is 17.8. The molecule has 0 aliphatic rings. The fourth-order valence-corrected chi connectivity index (χ4v) is 3.62. The van der Waals surface area contributed by atoms with Gasteiger partial charge in [-0.25, -0.2) is 0 Å². The normalized spacial score (nSPS) is 10.5. The van der Waals surface area contributed by atoms with Crippen LogP contribution < -0.4 is 24.4 Å². The van der Waals surface area contributed by atoms with Gasteiger partial charge in [0.2, 0.25) is 5.43 Å². The zero-order chi connectivity index (χ0) is 28.1. The van der Waals surface area contributed by atoms with Crippen LogP contribution in [0.15, 0.2) is 51.4 Å². The minimum atomic E-state index is -0.716. The van der Waals surface area contributed by atoms with Crippen molar-refractivity contribution in [1.82, 2.24) is 0 Å². The Labute approximate surface area is 217 Å². The van der Waals surface area contributed by atoms with Crippen LogP contribution >= 0.6 is 0 Å². The standard InChI is InChI=1S/C28H26O10/c1-14(2)7-8-19-9-21(24(37-17(5)31)12-23(19)36-16(4)30)22-13-34-25-10-20(35-15(3)29)11-26(38-18(6)32)27(25)28(22)33/h7,9-13H,8H2,1-6H3. The monoisotopic (exact) mass is 522 g/mol. The first-order valence-corrected chi connectivity index (χ1v) is 11.5. The fraction of sp³-hybridized carbons (Fsp3) is 0.250. The second-order valence-electron chi connectivity index (χ2n) is 8.59. The highest BCUT2D eigenvalue weighted by atomic mass is 16.6. The lowest BCUT2D eigenvalue weighted by atomic mass is 9.98. The van der Waals surface area contributed by atoms with E-state index < -0.39 is 29.3 Å². The summed E-state index contributed by atoms with van der Waals surface area (Å²) in [5.74, 6) is -2.66. The molecule has 0 aliphatic carbocycles. The van der Waals surface area contributed by atoms with E-state index in [1.165, 1.54) is 39.0 Å². The van der Waals surface area contributed by atoms with Crippen LogP contribution in [0.2, 0.25) is 0 Å². The molecule has 0 N–H and O–H groups in total. The van der Waals surface area contributed by atoms with Crippen LogP contribution in [0.4, 0.5) is 0 Å². The van der Waals surface area contributed by atoms with Gasteiger partial charge in [-0.1, -0.05) is 11.6 Å². The quantitative estimate of drug-likeness (QED) is 0.245. The van der Waals surface area contributed by atoms with Crippen molar-refractivity contribution in [2.75, 3.05) is 0 Å². The fourth-order valence-electron chi connectivity index (χ4n) is 3.62. The molecule has 3 rings (SSSR count). The number of allylic oxidation sites excluding steroid dienone is 2. The molecular weight excluding hydrogens is 496 g/mol. The predicted molar refractivity (Wildman–Crippen MR) is 136 cm³/mol. The number of hydrogen-bond acceptors (Lipinski definition) is 10. The van der Waals surface area contributed by atoms with E-state index in [9.17, 15) is 24.0 Å². The molecule has 1 aromatic heterocycles. The summed E-state index contributed by atoms with van der Waals surface area (Å²) in [5.41, 5.74) is 1.08. The second kappa shape index (κ2) is 11.5. The third-order valence-corrected chi connectivity index (χ3v) is 5.02. The van der Waals surface area contributed by atoms with Crippen molar-refractivity contribution < 1.29 is 42.5 Å². The first-order valence-electron chi connectivity index (χ1n) is 11.5. The minimum Gasteiger partial charge on any atom is -0.463 e. The third kappa shape index (κ3) is 6.73. The molecule has 0 saturated carbocycles. The van der Waals surface area contributed by atoms with Crippen LogP contribution in [0.3, 0.4) is 0 Å². The predicted octanol–water partition coefficient (Wildman–Crippen LogP) is 4.67. The lowest BCUT2D eigenvalue weighted by molar-refractivity contribution is -0.133. The van der Waals surface area contributed by atoms with Gasteiger partial charge in [-0.05, 0) is 31.9 Å². The molecule has 198 valence electrons. The maximum atomic E-state index is 13.7. The SMILES string of the molecule is CC(=O)Oc1cc(OC(C)=O)c2c(=O)c(-c3cc(CC=C(C)C)c(OC(C)=O)cc3OC(C)=O)coc2c1. The minimum absolute atomic E-state index is 0.00694. The average Bonchev–Trinajstić information content (AvgIpc) is 2.77. The molecule has 0 unspecified atom stereocenters. The zero-order valence-electron chi connectivity index (χ0n) is 21.8. The lowest BCUT2D eigenvalue weighted by Crippen LogP contribution is -2.12. The van der Waals surface area contributed by atoms with Gasteiger partial charge in [0.1, 0.15) is 40.2 Å². The van der Waals surface area contributed by atoms with Gasteiger partial charge in [-0.15, -0.1) is 0 Å². The topological polar surface area (TPSA) is 135 Å². The molecular formula is C28H26O10. The number of carbonyl (C=O) groups excluding carboxylic acids is 4. The Kier molecular flexibility index (Phi) is 8.46. The Morgan fingerprint density at radius 3 is 1.87 bits per heavy atom. The summed E-state index contributed by atoms with van der Waals surface area (Å²) >= 11 is 0. The summed E-state index contributed by atoms with van der Waals surface area (Å²) < 4.78 is 26.7. The van der Waals surface area contributed by atoms with E-state index in [4.69, 9.17) is 23.4 Å². The van der Waals surface area contributed by atoms with Crippen LogP contribution in [0.1, 0.15) is 47.1 Å². The molecule has 1 heterocycles. The summed E-state index contributed by atoms with van der Waals surface area (Å²) in [4.78, 5) is 60.6. The van der Waals surface area contributed by atoms with E-state index in [0.717, 1.165) is 18.8 Å². The Morgan fingerprint density at radius 2 is 1.29 bits per heavy atom. The Hall–Kier alpha value is -4.73. The summed E-state index contributed by atoms with van der Waals surface area (Å²) in [5, 5.41) is -0.0997. The zero-order valence-corrected chi connectivity index (χ0v) is 21.8. The number of fused-ring (bicyclic) bond motifs is 1. The molecule has 0 atom stereocenters. The summed E-state index contributed by atoms with van der Waals surface area (Å²) in [6.07, 6.45) is 3.40. The van der Waals surface area contributed by atoms with Crippen molar-refractivity contribution in [3.05, 3.63) is 58.0 Å². The van der Waals surface area contributed by atoms with E-state index >= 15 is 0 Å². The van der Waals surface area contributed by atoms with Gasteiger partial charge in [0.15, 0.2) is 0 Å². The van der Waals surface area contributed by atoms with Crippen molar-refractivity contribution >= 4 is 34.8 Å². The third-order valence-electron chi connectivity index (χ3n) is 5.02. The lowest BCUT2D eigenvalue weighted by Gasteiger charge is -2.15. The molecule has 2 aromatic carbocycles. The van der Waals surface area contributed by atoms with E-state index in [2.05, 4.69) is 0 Å². The summed E-state index contributed by atoms with van der Waals surface area (Å²) in [6, 6.07) is 5.45. The van der Waals surface area contributed by atoms with Gasteiger partial charge in [-0.2, -0.15) is 0 Å². The highest BCUT2D eigenvalue weighted by molar-refractivity contribution is 5.92. The molecule has 0 spiro atoms. The van der Waals surface area contributed by atoms with Gasteiger partial charge >= 0.3 is 23.9 Å². The number of esters is 4. The van der Waals surface area contributed by atoms with Crippen molar-refractivity contribution in [1.29, 1.82) is 0 Å². The van der Waals surface area contributed by atoms with Crippen LogP contribution in [-0.2, 0) is 25.6 Å². The van der Waals surface area contributed by atoms with Crippen molar-refractivity contribution in [3.63, 3.8) is 0 Å². The molecule has 10 nitrogen and oxygen atoms in total. The van der Waals surface area contributed by atoms with Crippen LogP contribution in [0.5, 0.6) is 23.0 Å². The van der Waals surface area contributed by atoms with Crippen molar-refractivity contribution in [3.8, 4) is 34.1 Å². The smallest absolute Gasteiger partial charge is 0.308 e. The Morgan fingerprint density at radius 1 is 0.711 bits per heavy atom. The molecule has 0 fully saturated rings. The van der Waals surface area contributed by atoms with Gasteiger partial charge < -0.3 is 23.4 Å². The van der Waals surface area contributed by atoms with Crippen molar-refractivity contribution in [2.24, 2.45) is 0 Å². The molecule has 0 amide bonds. The molecule has 0 radical (unpaired) electrons. The molecule has 38 heavy (non-hydrogen) atoms. The first kappa shape index (κ1) is 27.9. The van der Waals surface area contributed by atoms with Crippen LogP contribution in [0, 0.1) is 0 Å². The Bertz CT molecular complexity index is 1540. The number of ether oxygens (including phenoxy) is 4. The second-order valence-corrected chi connectivity index (χ2v) is 8.59. The summed E-state index contributed by atoms with van der Waals surface area (Å²) in [6.45, 7) is 8.57. The Balaban J connectivity index is 2.35. The van der Waals surface area contributed by atoms with Gasteiger partial charge in [0, 0.05) is 51.5 Å². The van der Waals surface area contributed by atoms with Gasteiger partial charge in [0.25, 0.3) is 0 Å². The maximum Gasteiger partial charge on any atom is 0.308 e. The van der Waals surface area contributed by atoms with Crippen molar-refractivity contribution in [2.45, 2.75) is 48.0 Å². The molecule has 0 aliphatic heterocycles. The van der Waals surface area contributed by atoms with E-state index in [0.29, 0.717) is 12.0 Å². The molecule has 10 heteroatoms. The average molecular weight is 523 g/mol. The van der Waals surface area contributed by atoms with E-state index in [1.807, 2.05) is 19.9 Å². The van der Waals surface area contributed by atoms with Crippen LogP contribution in [-0.4, -0.2) is 23.9 Å². The van der Waals surface area contributed by atoms with Gasteiger partial charge in [-0.3, -0.25) is 24.0 Å². The number of hydrogen-bond donors (Lipinski definition) is 0. The summed E-state index contributed by atoms with van der Waals surface area (Å²) in [7, 11) is 0. The highest BCUT2D eigenvalue weighted by Gasteiger charge is 2.22. The van der Waals surface area contributed by atoms with Crippen LogP contribution in [0.25, 0.3) is 22.1 Å². The molecule has 3 aromatic rings. The van der Waals surface area contributed by atoms with E-state index in [1.54, 1.807) is 6.07 Å². The van der Waals surface area contributed by atoms with Gasteiger partial charge in [0.05, 0.1) is 5.56 Å². The largest absolute Gasteiger partial charge is 0.463 e. The molecule has 0 saturated heterocycles. The van der Waals surface area contributed by atoms with E-state index in [-0.39, 0.29) is 45.1 Å². The number of benzene rings is 2.